The topological polar surface area (TPSA) is 63.4 Å². The molecule has 2 aromatic rings. The summed E-state index contributed by atoms with van der Waals surface area (Å²) < 4.78 is 26.6. The van der Waals surface area contributed by atoms with Crippen LogP contribution in [-0.4, -0.2) is 15.5 Å². The van der Waals surface area contributed by atoms with Crippen LogP contribution in [0.3, 0.4) is 0 Å². The highest BCUT2D eigenvalue weighted by molar-refractivity contribution is 7.92. The van der Waals surface area contributed by atoms with E-state index in [9.17, 15) is 8.42 Å². The lowest BCUT2D eigenvalue weighted by atomic mass is 10.2. The van der Waals surface area contributed by atoms with Gasteiger partial charge in [-0.1, -0.05) is 17.7 Å². The molecule has 2 aromatic carbocycles. The second-order valence-corrected chi connectivity index (χ2v) is 6.77. The van der Waals surface area contributed by atoms with Crippen molar-refractivity contribution in [3.8, 4) is 0 Å². The molecule has 0 heterocycles. The Balaban J connectivity index is 2.46. The summed E-state index contributed by atoms with van der Waals surface area (Å²) in [5.74, 6) is 0. The molecule has 0 aliphatic rings. The average molecular weight is 290 g/mol. The number of nitrogens with zero attached hydrogens (tertiary/aromatic N) is 1. The van der Waals surface area contributed by atoms with Gasteiger partial charge in [-0.15, -0.1) is 0 Å². The van der Waals surface area contributed by atoms with Gasteiger partial charge in [0.05, 0.1) is 10.6 Å². The fourth-order valence-corrected chi connectivity index (χ4v) is 3.40. The lowest BCUT2D eigenvalue weighted by Crippen LogP contribution is -2.27. The van der Waals surface area contributed by atoms with Crippen molar-refractivity contribution in [1.29, 1.82) is 0 Å². The lowest BCUT2D eigenvalue weighted by molar-refractivity contribution is 0.594. The van der Waals surface area contributed by atoms with Gasteiger partial charge in [0.25, 0.3) is 10.0 Å². The molecule has 0 aromatic heterocycles. The van der Waals surface area contributed by atoms with Crippen molar-refractivity contribution in [2.45, 2.75) is 18.7 Å². The third-order valence-electron chi connectivity index (χ3n) is 3.24. The molecule has 0 amide bonds. The minimum absolute atomic E-state index is 0.273. The van der Waals surface area contributed by atoms with Crippen LogP contribution >= 0.6 is 0 Å². The van der Waals surface area contributed by atoms with Gasteiger partial charge in [0.15, 0.2) is 0 Å². The Bertz CT molecular complexity index is 722. The molecule has 0 saturated heterocycles. The molecule has 0 saturated carbocycles. The number of hydrogen-bond acceptors (Lipinski definition) is 3. The van der Waals surface area contributed by atoms with E-state index in [1.165, 1.54) is 4.31 Å². The van der Waals surface area contributed by atoms with Gasteiger partial charge in [0.2, 0.25) is 0 Å². The highest BCUT2D eigenvalue weighted by atomic mass is 32.2. The molecule has 0 radical (unpaired) electrons. The number of anilines is 2. The Kier molecular flexibility index (Phi) is 3.72. The van der Waals surface area contributed by atoms with E-state index in [-0.39, 0.29) is 4.90 Å². The van der Waals surface area contributed by atoms with Crippen molar-refractivity contribution in [2.75, 3.05) is 17.1 Å². The van der Waals surface area contributed by atoms with Crippen molar-refractivity contribution in [3.63, 3.8) is 0 Å². The van der Waals surface area contributed by atoms with E-state index in [0.717, 1.165) is 5.56 Å². The summed E-state index contributed by atoms with van der Waals surface area (Å²) in [6.45, 7) is 3.70. The normalized spacial score (nSPS) is 11.3. The first-order valence-electron chi connectivity index (χ1n) is 6.24. The molecule has 0 aliphatic heterocycles. The molecule has 0 bridgehead atoms. The van der Waals surface area contributed by atoms with E-state index in [4.69, 9.17) is 5.73 Å². The Labute approximate surface area is 119 Å². The molecular formula is C15H18N2O2S. The third-order valence-corrected chi connectivity index (χ3v) is 5.18. The summed E-state index contributed by atoms with van der Waals surface area (Å²) in [7, 11) is -2.02. The SMILES string of the molecule is Cc1ccc(N(C)S(=O)(=O)c2ccc(N)cc2C)cc1. The van der Waals surface area contributed by atoms with Crippen molar-refractivity contribution in [2.24, 2.45) is 0 Å². The van der Waals surface area contributed by atoms with Crippen LogP contribution in [0, 0.1) is 13.8 Å². The molecule has 0 spiro atoms. The van der Waals surface area contributed by atoms with E-state index in [1.54, 1.807) is 44.3 Å². The van der Waals surface area contributed by atoms with Gasteiger partial charge in [0.1, 0.15) is 0 Å². The summed E-state index contributed by atoms with van der Waals surface area (Å²) in [5, 5.41) is 0. The van der Waals surface area contributed by atoms with Crippen molar-refractivity contribution < 1.29 is 8.42 Å². The van der Waals surface area contributed by atoms with Gasteiger partial charge < -0.3 is 5.73 Å². The van der Waals surface area contributed by atoms with E-state index in [0.29, 0.717) is 16.9 Å². The van der Waals surface area contributed by atoms with E-state index >= 15 is 0 Å². The number of sulfonamides is 1. The number of hydrogen-bond donors (Lipinski definition) is 1. The van der Waals surface area contributed by atoms with E-state index in [1.807, 2.05) is 19.1 Å². The summed E-state index contributed by atoms with van der Waals surface area (Å²) in [6, 6.07) is 12.2. The number of aryl methyl sites for hydroxylation is 2. The van der Waals surface area contributed by atoms with E-state index in [2.05, 4.69) is 0 Å². The number of nitrogen functional groups attached to an aromatic ring is 1. The van der Waals surface area contributed by atoms with Gasteiger partial charge in [0, 0.05) is 12.7 Å². The zero-order chi connectivity index (χ0) is 14.9. The summed E-state index contributed by atoms with van der Waals surface area (Å²) in [6.07, 6.45) is 0. The predicted octanol–water partition coefficient (Wildman–Crippen LogP) is 2.71. The first-order valence-corrected chi connectivity index (χ1v) is 7.68. The summed E-state index contributed by atoms with van der Waals surface area (Å²) in [4.78, 5) is 0.273. The fraction of sp³-hybridized carbons (Fsp3) is 0.200. The average Bonchev–Trinajstić information content (AvgIpc) is 2.38. The maximum atomic E-state index is 12.6. The van der Waals surface area contributed by atoms with Crippen LogP contribution in [0.2, 0.25) is 0 Å². The predicted molar refractivity (Wildman–Crippen MR) is 82.4 cm³/mol. The number of benzene rings is 2. The molecule has 0 aliphatic carbocycles. The Morgan fingerprint density at radius 1 is 1.00 bits per heavy atom. The highest BCUT2D eigenvalue weighted by Gasteiger charge is 2.23. The molecule has 2 N–H and O–H groups in total. The maximum Gasteiger partial charge on any atom is 0.264 e. The Morgan fingerprint density at radius 3 is 2.15 bits per heavy atom. The monoisotopic (exact) mass is 290 g/mol. The summed E-state index contributed by atoms with van der Waals surface area (Å²) >= 11 is 0. The molecule has 0 fully saturated rings. The second-order valence-electron chi connectivity index (χ2n) is 4.83. The van der Waals surface area contributed by atoms with Gasteiger partial charge in [-0.2, -0.15) is 0 Å². The van der Waals surface area contributed by atoms with Crippen molar-refractivity contribution >= 4 is 21.4 Å². The second kappa shape index (κ2) is 5.17. The molecule has 2 rings (SSSR count). The van der Waals surface area contributed by atoms with E-state index < -0.39 is 10.0 Å². The lowest BCUT2D eigenvalue weighted by Gasteiger charge is -2.21. The molecular weight excluding hydrogens is 272 g/mol. The van der Waals surface area contributed by atoms with Crippen LogP contribution in [0.1, 0.15) is 11.1 Å². The van der Waals surface area contributed by atoms with Crippen LogP contribution in [0.15, 0.2) is 47.4 Å². The number of rotatable bonds is 3. The molecule has 5 heteroatoms. The third kappa shape index (κ3) is 2.63. The largest absolute Gasteiger partial charge is 0.399 e. The zero-order valence-corrected chi connectivity index (χ0v) is 12.6. The Hall–Kier alpha value is -2.01. The minimum atomic E-state index is -3.57. The number of nitrogens with two attached hydrogens (primary N) is 1. The summed E-state index contributed by atoms with van der Waals surface area (Å²) in [5.41, 5.74) is 8.58. The quantitative estimate of drug-likeness (QED) is 0.884. The van der Waals surface area contributed by atoms with Crippen LogP contribution < -0.4 is 10.0 Å². The minimum Gasteiger partial charge on any atom is -0.399 e. The maximum absolute atomic E-state index is 12.6. The Morgan fingerprint density at radius 2 is 1.60 bits per heavy atom. The first kappa shape index (κ1) is 14.4. The molecule has 4 nitrogen and oxygen atoms in total. The van der Waals surface area contributed by atoms with Crippen LogP contribution in [-0.2, 0) is 10.0 Å². The molecule has 0 atom stereocenters. The van der Waals surface area contributed by atoms with Crippen LogP contribution in [0.4, 0.5) is 11.4 Å². The van der Waals surface area contributed by atoms with Crippen LogP contribution in [0.25, 0.3) is 0 Å². The first-order chi connectivity index (χ1) is 9.32. The van der Waals surface area contributed by atoms with Crippen molar-refractivity contribution in [3.05, 3.63) is 53.6 Å². The smallest absolute Gasteiger partial charge is 0.264 e. The molecule has 0 unspecified atom stereocenters. The standard InChI is InChI=1S/C15H18N2O2S/c1-11-4-7-14(8-5-11)17(3)20(18,19)15-9-6-13(16)10-12(15)2/h4-10H,16H2,1-3H3. The van der Waals surface area contributed by atoms with Gasteiger partial charge in [-0.3, -0.25) is 4.31 Å². The van der Waals surface area contributed by atoms with Crippen molar-refractivity contribution in [1.82, 2.24) is 0 Å². The molecule has 20 heavy (non-hydrogen) atoms. The highest BCUT2D eigenvalue weighted by Crippen LogP contribution is 2.25. The molecule has 106 valence electrons. The fourth-order valence-electron chi connectivity index (χ4n) is 2.00. The van der Waals surface area contributed by atoms with Gasteiger partial charge >= 0.3 is 0 Å². The zero-order valence-electron chi connectivity index (χ0n) is 11.8. The van der Waals surface area contributed by atoms with Gasteiger partial charge in [-0.05, 0) is 49.7 Å². The van der Waals surface area contributed by atoms with Crippen LogP contribution in [0.5, 0.6) is 0 Å². The van der Waals surface area contributed by atoms with Gasteiger partial charge in [-0.25, -0.2) is 8.42 Å².